The van der Waals surface area contributed by atoms with Crippen molar-refractivity contribution in [2.45, 2.75) is 25.3 Å². The Hall–Kier alpha value is -2.57. The van der Waals surface area contributed by atoms with Gasteiger partial charge in [0.2, 0.25) is 0 Å². The normalized spacial score (nSPS) is 14.8. The van der Waals surface area contributed by atoms with Gasteiger partial charge in [0.25, 0.3) is 0 Å². The molecule has 7 nitrogen and oxygen atoms in total. The van der Waals surface area contributed by atoms with Gasteiger partial charge in [-0.25, -0.2) is 14.4 Å². The Balaban J connectivity index is 1.66. The first-order chi connectivity index (χ1) is 10.4. The Kier molecular flexibility index (Phi) is 4.65. The maximum atomic E-state index is 11.7. The Morgan fingerprint density at radius 2 is 1.73 bits per heavy atom. The SMILES string of the molecule is Cc1ccc(C(=O)OCCOC(=O)NC2(C(=O)O)CC2)cc1. The fraction of sp³-hybridized carbons (Fsp3) is 0.400. The van der Waals surface area contributed by atoms with E-state index in [2.05, 4.69) is 5.32 Å². The quantitative estimate of drug-likeness (QED) is 0.610. The highest BCUT2D eigenvalue weighted by atomic mass is 16.6. The number of hydrogen-bond donors (Lipinski definition) is 2. The van der Waals surface area contributed by atoms with E-state index in [1.54, 1.807) is 24.3 Å². The molecule has 0 radical (unpaired) electrons. The van der Waals surface area contributed by atoms with Gasteiger partial charge >= 0.3 is 18.0 Å². The number of alkyl carbamates (subject to hydrolysis) is 1. The lowest BCUT2D eigenvalue weighted by atomic mass is 10.1. The number of aliphatic carboxylic acids is 1. The summed E-state index contributed by atoms with van der Waals surface area (Å²) in [6.45, 7) is 1.67. The van der Waals surface area contributed by atoms with Crippen molar-refractivity contribution in [1.29, 1.82) is 0 Å². The zero-order valence-corrected chi connectivity index (χ0v) is 12.1. The Bertz CT molecular complexity index is 576. The highest BCUT2D eigenvalue weighted by Crippen LogP contribution is 2.35. The minimum atomic E-state index is -1.18. The molecule has 1 saturated carbocycles. The summed E-state index contributed by atoms with van der Waals surface area (Å²) < 4.78 is 9.73. The number of esters is 1. The van der Waals surface area contributed by atoms with Crippen LogP contribution in [-0.2, 0) is 14.3 Å². The summed E-state index contributed by atoms with van der Waals surface area (Å²) in [6.07, 6.45) is -0.0500. The molecule has 0 bridgehead atoms. The van der Waals surface area contributed by atoms with Gasteiger partial charge in [-0.15, -0.1) is 0 Å². The van der Waals surface area contributed by atoms with Crippen molar-refractivity contribution in [2.75, 3.05) is 13.2 Å². The van der Waals surface area contributed by atoms with Crippen LogP contribution >= 0.6 is 0 Å². The molecule has 1 aliphatic carbocycles. The third-order valence-corrected chi connectivity index (χ3v) is 3.34. The van der Waals surface area contributed by atoms with Gasteiger partial charge in [0, 0.05) is 0 Å². The zero-order valence-electron chi connectivity index (χ0n) is 12.1. The smallest absolute Gasteiger partial charge is 0.408 e. The number of ether oxygens (including phenoxy) is 2. The highest BCUT2D eigenvalue weighted by Gasteiger charge is 2.52. The van der Waals surface area contributed by atoms with E-state index in [0.717, 1.165) is 5.56 Å². The second-order valence-corrected chi connectivity index (χ2v) is 5.15. The highest BCUT2D eigenvalue weighted by molar-refractivity contribution is 5.89. The Morgan fingerprint density at radius 1 is 1.14 bits per heavy atom. The van der Waals surface area contributed by atoms with E-state index in [-0.39, 0.29) is 13.2 Å². The minimum absolute atomic E-state index is 0.0970. The summed E-state index contributed by atoms with van der Waals surface area (Å²) in [4.78, 5) is 34.0. The second-order valence-electron chi connectivity index (χ2n) is 5.15. The average molecular weight is 307 g/mol. The first kappa shape index (κ1) is 15.8. The average Bonchev–Trinajstić information content (AvgIpc) is 3.25. The summed E-state index contributed by atoms with van der Waals surface area (Å²) in [5.74, 6) is -1.58. The Morgan fingerprint density at radius 3 is 2.27 bits per heavy atom. The molecule has 22 heavy (non-hydrogen) atoms. The lowest BCUT2D eigenvalue weighted by Crippen LogP contribution is -2.43. The van der Waals surface area contributed by atoms with Crippen LogP contribution in [-0.4, -0.2) is 41.9 Å². The molecule has 0 aromatic heterocycles. The van der Waals surface area contributed by atoms with E-state index in [4.69, 9.17) is 14.6 Å². The molecule has 1 aliphatic rings. The molecule has 0 heterocycles. The van der Waals surface area contributed by atoms with Crippen molar-refractivity contribution in [3.05, 3.63) is 35.4 Å². The molecule has 0 unspecified atom stereocenters. The van der Waals surface area contributed by atoms with E-state index in [1.807, 2.05) is 6.92 Å². The van der Waals surface area contributed by atoms with Gasteiger partial charge < -0.3 is 19.9 Å². The van der Waals surface area contributed by atoms with Crippen LogP contribution in [0.3, 0.4) is 0 Å². The van der Waals surface area contributed by atoms with Crippen LogP contribution < -0.4 is 5.32 Å². The number of carboxylic acid groups (broad SMARTS) is 1. The summed E-state index contributed by atoms with van der Waals surface area (Å²) >= 11 is 0. The van der Waals surface area contributed by atoms with Crippen LogP contribution in [0.2, 0.25) is 0 Å². The molecule has 2 N–H and O–H groups in total. The number of nitrogens with one attached hydrogen (secondary N) is 1. The van der Waals surface area contributed by atoms with Crippen molar-refractivity contribution in [3.63, 3.8) is 0 Å². The molecule has 0 spiro atoms. The maximum absolute atomic E-state index is 11.7. The Labute approximate surface area is 127 Å². The van der Waals surface area contributed by atoms with Crippen LogP contribution in [0.25, 0.3) is 0 Å². The number of amides is 1. The molecule has 1 aromatic carbocycles. The zero-order chi connectivity index (χ0) is 16.2. The van der Waals surface area contributed by atoms with Crippen LogP contribution in [0.1, 0.15) is 28.8 Å². The number of carbonyl (C=O) groups is 3. The van der Waals surface area contributed by atoms with E-state index < -0.39 is 23.6 Å². The summed E-state index contributed by atoms with van der Waals surface area (Å²) in [7, 11) is 0. The number of rotatable bonds is 6. The van der Waals surface area contributed by atoms with E-state index in [0.29, 0.717) is 18.4 Å². The van der Waals surface area contributed by atoms with Gasteiger partial charge in [-0.2, -0.15) is 0 Å². The van der Waals surface area contributed by atoms with Crippen molar-refractivity contribution in [2.24, 2.45) is 0 Å². The molecule has 1 amide bonds. The van der Waals surface area contributed by atoms with Crippen molar-refractivity contribution in [3.8, 4) is 0 Å². The molecule has 0 atom stereocenters. The molecule has 0 saturated heterocycles. The van der Waals surface area contributed by atoms with Crippen LogP contribution in [0.15, 0.2) is 24.3 Å². The van der Waals surface area contributed by atoms with Gasteiger partial charge in [-0.05, 0) is 31.9 Å². The molecule has 118 valence electrons. The summed E-state index contributed by atoms with van der Waals surface area (Å²) in [5.41, 5.74) is 0.261. The predicted octanol–water partition coefficient (Wildman–Crippen LogP) is 1.50. The van der Waals surface area contributed by atoms with Crippen molar-refractivity contribution < 1.29 is 29.0 Å². The number of carbonyl (C=O) groups excluding carboxylic acids is 2. The third kappa shape index (κ3) is 3.97. The molecule has 2 rings (SSSR count). The largest absolute Gasteiger partial charge is 0.480 e. The topological polar surface area (TPSA) is 102 Å². The van der Waals surface area contributed by atoms with Crippen molar-refractivity contribution in [1.82, 2.24) is 5.32 Å². The van der Waals surface area contributed by atoms with Gasteiger partial charge in [-0.3, -0.25) is 0 Å². The molecule has 0 aliphatic heterocycles. The molecular formula is C15H17NO6. The minimum Gasteiger partial charge on any atom is -0.480 e. The first-order valence-corrected chi connectivity index (χ1v) is 6.85. The number of benzene rings is 1. The monoisotopic (exact) mass is 307 g/mol. The van der Waals surface area contributed by atoms with E-state index in [9.17, 15) is 14.4 Å². The van der Waals surface area contributed by atoms with Gasteiger partial charge in [0.15, 0.2) is 0 Å². The fourth-order valence-corrected chi connectivity index (χ4v) is 1.79. The first-order valence-electron chi connectivity index (χ1n) is 6.85. The summed E-state index contributed by atoms with van der Waals surface area (Å²) in [5, 5.41) is 11.2. The second kappa shape index (κ2) is 6.46. The van der Waals surface area contributed by atoms with Gasteiger partial charge in [-0.1, -0.05) is 17.7 Å². The van der Waals surface area contributed by atoms with Gasteiger partial charge in [0.05, 0.1) is 5.56 Å². The predicted molar refractivity (Wildman–Crippen MR) is 75.5 cm³/mol. The molecule has 7 heteroatoms. The van der Waals surface area contributed by atoms with Crippen LogP contribution in [0, 0.1) is 6.92 Å². The number of carboxylic acids is 1. The fourth-order valence-electron chi connectivity index (χ4n) is 1.79. The van der Waals surface area contributed by atoms with Crippen LogP contribution in [0.5, 0.6) is 0 Å². The standard InChI is InChI=1S/C15H17NO6/c1-10-2-4-11(5-3-10)12(17)21-8-9-22-14(20)16-15(6-7-15)13(18)19/h2-5H,6-9H2,1H3,(H,16,20)(H,18,19). The lowest BCUT2D eigenvalue weighted by molar-refractivity contribution is -0.140. The molecule has 1 fully saturated rings. The van der Waals surface area contributed by atoms with E-state index in [1.165, 1.54) is 0 Å². The third-order valence-electron chi connectivity index (χ3n) is 3.34. The van der Waals surface area contributed by atoms with Crippen LogP contribution in [0.4, 0.5) is 4.79 Å². The van der Waals surface area contributed by atoms with E-state index >= 15 is 0 Å². The van der Waals surface area contributed by atoms with Gasteiger partial charge in [0.1, 0.15) is 18.8 Å². The number of hydrogen-bond acceptors (Lipinski definition) is 5. The van der Waals surface area contributed by atoms with Crippen molar-refractivity contribution >= 4 is 18.0 Å². The molecule has 1 aromatic rings. The number of aryl methyl sites for hydroxylation is 1. The summed E-state index contributed by atoms with van der Waals surface area (Å²) in [6, 6.07) is 6.88. The lowest BCUT2D eigenvalue weighted by Gasteiger charge is -2.12. The molecular weight excluding hydrogens is 290 g/mol. The maximum Gasteiger partial charge on any atom is 0.408 e.